The van der Waals surface area contributed by atoms with Gasteiger partial charge in [-0.05, 0) is 31.9 Å². The van der Waals surface area contributed by atoms with Gasteiger partial charge in [0.2, 0.25) is 5.91 Å². The summed E-state index contributed by atoms with van der Waals surface area (Å²) in [5.74, 6) is 0.348. The van der Waals surface area contributed by atoms with E-state index in [1.54, 1.807) is 0 Å². The molecule has 0 aliphatic carbocycles. The largest absolute Gasteiger partial charge is 0.368 e. The molecule has 20 heavy (non-hydrogen) atoms. The molecule has 1 aromatic carbocycles. The normalized spacial score (nSPS) is 26.4. The standard InChI is InChI=1S/C16H25N3O/c1-12-9-13(2)19(10-12)11-16(18-3,15(17)20)14-7-5-4-6-8-14/h4-8,12-13,18H,9-11H2,1-3H3,(H2,17,20). The molecule has 1 heterocycles. The summed E-state index contributed by atoms with van der Waals surface area (Å²) in [5.41, 5.74) is 5.86. The summed E-state index contributed by atoms with van der Waals surface area (Å²) < 4.78 is 0. The number of carbonyl (C=O) groups is 1. The van der Waals surface area contributed by atoms with Gasteiger partial charge >= 0.3 is 0 Å². The quantitative estimate of drug-likeness (QED) is 0.852. The van der Waals surface area contributed by atoms with Crippen LogP contribution in [0.5, 0.6) is 0 Å². The number of nitrogens with zero attached hydrogens (tertiary/aromatic N) is 1. The smallest absolute Gasteiger partial charge is 0.243 e. The number of primary amides is 1. The number of hydrogen-bond acceptors (Lipinski definition) is 3. The van der Waals surface area contributed by atoms with Gasteiger partial charge in [0.1, 0.15) is 5.54 Å². The molecule has 1 saturated heterocycles. The molecule has 0 saturated carbocycles. The van der Waals surface area contributed by atoms with Gasteiger partial charge in [0, 0.05) is 19.1 Å². The predicted octanol–water partition coefficient (Wildman–Crippen LogP) is 1.32. The van der Waals surface area contributed by atoms with E-state index in [9.17, 15) is 4.79 Å². The highest BCUT2D eigenvalue weighted by Crippen LogP contribution is 2.28. The van der Waals surface area contributed by atoms with Gasteiger partial charge in [-0.3, -0.25) is 9.69 Å². The maximum atomic E-state index is 12.2. The van der Waals surface area contributed by atoms with Gasteiger partial charge in [0.05, 0.1) is 0 Å². The lowest BCUT2D eigenvalue weighted by atomic mass is 9.88. The third kappa shape index (κ3) is 2.72. The molecule has 3 unspecified atom stereocenters. The molecule has 0 bridgehead atoms. The van der Waals surface area contributed by atoms with Crippen LogP contribution in [0.1, 0.15) is 25.8 Å². The number of benzene rings is 1. The van der Waals surface area contributed by atoms with E-state index in [4.69, 9.17) is 5.73 Å². The van der Waals surface area contributed by atoms with Gasteiger partial charge in [-0.1, -0.05) is 37.3 Å². The van der Waals surface area contributed by atoms with Crippen LogP contribution in [0.2, 0.25) is 0 Å². The van der Waals surface area contributed by atoms with Crippen LogP contribution >= 0.6 is 0 Å². The van der Waals surface area contributed by atoms with Crippen LogP contribution in [0.4, 0.5) is 0 Å². The third-order valence-corrected chi connectivity index (χ3v) is 4.47. The lowest BCUT2D eigenvalue weighted by Gasteiger charge is -2.36. The monoisotopic (exact) mass is 275 g/mol. The maximum absolute atomic E-state index is 12.2. The zero-order chi connectivity index (χ0) is 14.8. The van der Waals surface area contributed by atoms with E-state index < -0.39 is 5.54 Å². The molecule has 1 amide bonds. The fourth-order valence-electron chi connectivity index (χ4n) is 3.29. The molecular weight excluding hydrogens is 250 g/mol. The molecule has 4 nitrogen and oxygen atoms in total. The van der Waals surface area contributed by atoms with E-state index in [0.29, 0.717) is 18.5 Å². The molecule has 0 aromatic heterocycles. The summed E-state index contributed by atoms with van der Waals surface area (Å²) in [4.78, 5) is 14.5. The zero-order valence-electron chi connectivity index (χ0n) is 12.6. The molecule has 0 radical (unpaired) electrons. The first-order valence-corrected chi connectivity index (χ1v) is 7.28. The first kappa shape index (κ1) is 15.0. The molecule has 1 fully saturated rings. The van der Waals surface area contributed by atoms with Gasteiger partial charge in [-0.2, -0.15) is 0 Å². The summed E-state index contributed by atoms with van der Waals surface area (Å²) in [6.45, 7) is 6.11. The van der Waals surface area contributed by atoms with Crippen molar-refractivity contribution in [3.05, 3.63) is 35.9 Å². The van der Waals surface area contributed by atoms with Crippen LogP contribution < -0.4 is 11.1 Å². The molecule has 4 heteroatoms. The van der Waals surface area contributed by atoms with Crippen LogP contribution in [-0.2, 0) is 10.3 Å². The van der Waals surface area contributed by atoms with Crippen molar-refractivity contribution in [2.24, 2.45) is 11.7 Å². The number of nitrogens with one attached hydrogen (secondary N) is 1. The minimum atomic E-state index is -0.820. The van der Waals surface area contributed by atoms with Gasteiger partial charge in [-0.25, -0.2) is 0 Å². The van der Waals surface area contributed by atoms with E-state index in [1.807, 2.05) is 37.4 Å². The van der Waals surface area contributed by atoms with Crippen molar-refractivity contribution in [3.8, 4) is 0 Å². The minimum Gasteiger partial charge on any atom is -0.368 e. The van der Waals surface area contributed by atoms with E-state index in [0.717, 1.165) is 12.1 Å². The van der Waals surface area contributed by atoms with Crippen molar-refractivity contribution in [1.82, 2.24) is 10.2 Å². The van der Waals surface area contributed by atoms with E-state index in [-0.39, 0.29) is 5.91 Å². The molecule has 1 aliphatic rings. The van der Waals surface area contributed by atoms with Gasteiger partial charge < -0.3 is 11.1 Å². The predicted molar refractivity (Wildman–Crippen MR) is 81.2 cm³/mol. The number of nitrogens with two attached hydrogens (primary N) is 1. The summed E-state index contributed by atoms with van der Waals surface area (Å²) in [6, 6.07) is 10.3. The zero-order valence-corrected chi connectivity index (χ0v) is 12.6. The van der Waals surface area contributed by atoms with Gasteiger partial charge in [0.15, 0.2) is 0 Å². The fraction of sp³-hybridized carbons (Fsp3) is 0.562. The summed E-state index contributed by atoms with van der Waals surface area (Å²) in [7, 11) is 1.81. The molecule has 110 valence electrons. The molecule has 0 spiro atoms. The van der Waals surface area contributed by atoms with Crippen molar-refractivity contribution in [2.75, 3.05) is 20.1 Å². The van der Waals surface area contributed by atoms with Crippen molar-refractivity contribution >= 4 is 5.91 Å². The molecule has 3 N–H and O–H groups in total. The highest BCUT2D eigenvalue weighted by molar-refractivity contribution is 5.86. The number of hydrogen-bond donors (Lipinski definition) is 2. The van der Waals surface area contributed by atoms with Crippen LogP contribution in [-0.4, -0.2) is 37.0 Å². The Labute approximate surface area is 121 Å². The number of rotatable bonds is 5. The summed E-state index contributed by atoms with van der Waals surface area (Å²) >= 11 is 0. The van der Waals surface area contributed by atoms with Crippen LogP contribution in [0.3, 0.4) is 0 Å². The molecule has 1 aromatic rings. The molecule has 3 atom stereocenters. The maximum Gasteiger partial charge on any atom is 0.243 e. The van der Waals surface area contributed by atoms with Gasteiger partial charge in [-0.15, -0.1) is 0 Å². The lowest BCUT2D eigenvalue weighted by molar-refractivity contribution is -0.125. The Morgan fingerprint density at radius 1 is 1.40 bits per heavy atom. The van der Waals surface area contributed by atoms with E-state index in [1.165, 1.54) is 6.42 Å². The second-order valence-electron chi connectivity index (χ2n) is 6.00. The summed E-state index contributed by atoms with van der Waals surface area (Å²) in [6.07, 6.45) is 1.17. The number of likely N-dealkylation sites (N-methyl/N-ethyl adjacent to an activating group) is 1. The van der Waals surface area contributed by atoms with Crippen molar-refractivity contribution in [2.45, 2.75) is 31.8 Å². The van der Waals surface area contributed by atoms with Crippen LogP contribution in [0, 0.1) is 5.92 Å². The molecule has 2 rings (SSSR count). The Hall–Kier alpha value is -1.39. The highest BCUT2D eigenvalue weighted by atomic mass is 16.1. The number of carbonyl (C=O) groups excluding carboxylic acids is 1. The lowest BCUT2D eigenvalue weighted by Crippen LogP contribution is -2.58. The fourth-order valence-corrected chi connectivity index (χ4v) is 3.29. The Morgan fingerprint density at radius 2 is 2.05 bits per heavy atom. The highest BCUT2D eigenvalue weighted by Gasteiger charge is 2.41. The van der Waals surface area contributed by atoms with Crippen molar-refractivity contribution in [3.63, 3.8) is 0 Å². The Kier molecular flexibility index (Phi) is 4.45. The van der Waals surface area contributed by atoms with E-state index >= 15 is 0 Å². The second-order valence-corrected chi connectivity index (χ2v) is 6.00. The van der Waals surface area contributed by atoms with E-state index in [2.05, 4.69) is 24.1 Å². The number of amides is 1. The van der Waals surface area contributed by atoms with Crippen molar-refractivity contribution < 1.29 is 4.79 Å². The number of likely N-dealkylation sites (tertiary alicyclic amines) is 1. The third-order valence-electron chi connectivity index (χ3n) is 4.47. The Bertz CT molecular complexity index is 462. The second kappa shape index (κ2) is 5.94. The SMILES string of the molecule is CNC(CN1CC(C)CC1C)(C(N)=O)c1ccccc1. The molecule has 1 aliphatic heterocycles. The first-order valence-electron chi connectivity index (χ1n) is 7.28. The van der Waals surface area contributed by atoms with Gasteiger partial charge in [0.25, 0.3) is 0 Å². The molecular formula is C16H25N3O. The topological polar surface area (TPSA) is 58.4 Å². The van der Waals surface area contributed by atoms with Crippen LogP contribution in [0.25, 0.3) is 0 Å². The van der Waals surface area contributed by atoms with Crippen molar-refractivity contribution in [1.29, 1.82) is 0 Å². The average Bonchev–Trinajstić information content (AvgIpc) is 2.74. The average molecular weight is 275 g/mol. The Morgan fingerprint density at radius 3 is 2.50 bits per heavy atom. The Balaban J connectivity index is 2.31. The van der Waals surface area contributed by atoms with Crippen LogP contribution in [0.15, 0.2) is 30.3 Å². The first-order chi connectivity index (χ1) is 9.49. The summed E-state index contributed by atoms with van der Waals surface area (Å²) in [5, 5.41) is 3.18. The minimum absolute atomic E-state index is 0.321.